The Morgan fingerprint density at radius 3 is 2.31 bits per heavy atom. The molecule has 0 aliphatic rings. The summed E-state index contributed by atoms with van der Waals surface area (Å²) in [6.07, 6.45) is 0.549. The predicted octanol–water partition coefficient (Wildman–Crippen LogP) is 2.60. The number of carbonyl (C=O) groups is 1. The van der Waals surface area contributed by atoms with Crippen LogP contribution in [0.3, 0.4) is 0 Å². The molecule has 0 saturated carbocycles. The van der Waals surface area contributed by atoms with Crippen molar-refractivity contribution in [2.45, 2.75) is 0 Å². The summed E-state index contributed by atoms with van der Waals surface area (Å²) in [4.78, 5) is 15.2. The van der Waals surface area contributed by atoms with Crippen molar-refractivity contribution in [2.24, 2.45) is 5.84 Å². The van der Waals surface area contributed by atoms with Crippen molar-refractivity contribution >= 4 is 28.9 Å². The summed E-state index contributed by atoms with van der Waals surface area (Å²) in [5.74, 6) is 0.449. The fraction of sp³-hybridized carbons (Fsp3) is 0.0769. The number of halogens is 6. The van der Waals surface area contributed by atoms with Gasteiger partial charge in [-0.3, -0.25) is 4.79 Å². The average molecular weight is 397 g/mol. The molecule has 140 valence electrons. The first kappa shape index (κ1) is 19.6. The van der Waals surface area contributed by atoms with Crippen LogP contribution in [0.2, 0.25) is 5.15 Å². The van der Waals surface area contributed by atoms with Gasteiger partial charge in [0.15, 0.2) is 17.5 Å². The number of nitrogens with one attached hydrogen (secondary N) is 1. The topological polar surface area (TPSA) is 77.7 Å². The second-order valence-electron chi connectivity index (χ2n) is 4.67. The third kappa shape index (κ3) is 3.76. The Morgan fingerprint density at radius 2 is 1.73 bits per heavy atom. The van der Waals surface area contributed by atoms with Gasteiger partial charge in [0, 0.05) is 19.2 Å². The van der Waals surface area contributed by atoms with Crippen LogP contribution in [0, 0.1) is 17.5 Å². The molecule has 7 nitrogen and oxygen atoms in total. The second kappa shape index (κ2) is 7.68. The number of nitrogens with zero attached hydrogens (tertiary/aromatic N) is 4. The molecule has 1 amide bonds. The van der Waals surface area contributed by atoms with Gasteiger partial charge in [-0.25, -0.2) is 24.0 Å². The van der Waals surface area contributed by atoms with Crippen molar-refractivity contribution in [1.82, 2.24) is 15.8 Å². The highest BCUT2D eigenvalue weighted by atomic mass is 35.5. The molecule has 0 bridgehead atoms. The van der Waals surface area contributed by atoms with Gasteiger partial charge in [0.25, 0.3) is 5.91 Å². The molecule has 3 N–H and O–H groups in total. The van der Waals surface area contributed by atoms with E-state index in [-0.39, 0.29) is 15.4 Å². The van der Waals surface area contributed by atoms with Crippen LogP contribution in [0.1, 0.15) is 10.4 Å². The van der Waals surface area contributed by atoms with Gasteiger partial charge >= 0.3 is 0 Å². The zero-order valence-corrected chi connectivity index (χ0v) is 13.6. The third-order valence-electron chi connectivity index (χ3n) is 3.12. The lowest BCUT2D eigenvalue weighted by atomic mass is 10.1. The van der Waals surface area contributed by atoms with E-state index in [1.54, 1.807) is 0 Å². The van der Waals surface area contributed by atoms with Crippen LogP contribution in [0.15, 0.2) is 24.4 Å². The minimum Gasteiger partial charge on any atom is -0.355 e. The number of aromatic nitrogens is 1. The number of carbonyl (C=O) groups excluding carboxylic acids is 1. The summed E-state index contributed by atoms with van der Waals surface area (Å²) < 4.78 is 67.7. The molecule has 0 unspecified atom stereocenters. The first-order chi connectivity index (χ1) is 12.2. The highest BCUT2D eigenvalue weighted by molar-refractivity contribution is 6.29. The third-order valence-corrected chi connectivity index (χ3v) is 3.33. The molecule has 1 aromatic heterocycles. The summed E-state index contributed by atoms with van der Waals surface area (Å²) >= 11 is 5.57. The monoisotopic (exact) mass is 396 g/mol. The van der Waals surface area contributed by atoms with Gasteiger partial charge in [0.2, 0.25) is 0 Å². The van der Waals surface area contributed by atoms with Gasteiger partial charge in [-0.15, -0.1) is 5.12 Å². The van der Waals surface area contributed by atoms with E-state index in [0.717, 1.165) is 0 Å². The molecule has 0 aliphatic carbocycles. The fourth-order valence-corrected chi connectivity index (χ4v) is 2.12. The average Bonchev–Trinajstić information content (AvgIpc) is 2.59. The Bertz CT molecular complexity index is 839. The molecule has 0 fully saturated rings. The van der Waals surface area contributed by atoms with Crippen LogP contribution in [-0.4, -0.2) is 23.4 Å². The van der Waals surface area contributed by atoms with E-state index >= 15 is 0 Å². The lowest BCUT2D eigenvalue weighted by Crippen LogP contribution is -2.53. The molecule has 0 aliphatic heterocycles. The molecule has 0 radical (unpaired) electrons. The summed E-state index contributed by atoms with van der Waals surface area (Å²) in [7, 11) is 1.17. The first-order valence-corrected chi connectivity index (χ1v) is 7.03. The number of rotatable bonds is 5. The molecular formula is C13H10ClF5N6O. The van der Waals surface area contributed by atoms with Crippen molar-refractivity contribution in [2.75, 3.05) is 17.3 Å². The highest BCUT2D eigenvalue weighted by Gasteiger charge is 2.29. The smallest absolute Gasteiger partial charge is 0.253 e. The summed E-state index contributed by atoms with van der Waals surface area (Å²) in [6.45, 7) is 0. The van der Waals surface area contributed by atoms with Crippen LogP contribution in [-0.2, 0) is 0 Å². The van der Waals surface area contributed by atoms with Gasteiger partial charge in [0.1, 0.15) is 16.3 Å². The maximum absolute atomic E-state index is 13.9. The van der Waals surface area contributed by atoms with Crippen LogP contribution in [0.5, 0.6) is 0 Å². The Hall–Kier alpha value is -2.70. The Kier molecular flexibility index (Phi) is 5.79. The summed E-state index contributed by atoms with van der Waals surface area (Å²) in [5.41, 5.74) is -3.79. The molecule has 2 rings (SSSR count). The van der Waals surface area contributed by atoms with Crippen molar-refractivity contribution < 1.29 is 26.9 Å². The molecule has 0 saturated heterocycles. The number of amides is 1. The summed E-state index contributed by atoms with van der Waals surface area (Å²) in [6, 6.07) is 1.57. The fourth-order valence-electron chi connectivity index (χ4n) is 1.97. The molecule has 1 aromatic carbocycles. The van der Waals surface area contributed by atoms with Gasteiger partial charge in [-0.1, -0.05) is 20.6 Å². The van der Waals surface area contributed by atoms with Crippen molar-refractivity contribution in [3.05, 3.63) is 52.6 Å². The maximum atomic E-state index is 13.9. The minimum absolute atomic E-state index is 0.0435. The molecule has 1 heterocycles. The number of hydrogen-bond donors (Lipinski definition) is 2. The van der Waals surface area contributed by atoms with E-state index in [1.807, 2.05) is 0 Å². The molecule has 0 atom stereocenters. The van der Waals surface area contributed by atoms with E-state index in [9.17, 15) is 26.9 Å². The van der Waals surface area contributed by atoms with Gasteiger partial charge in [-0.2, -0.15) is 5.12 Å². The van der Waals surface area contributed by atoms with Crippen molar-refractivity contribution in [3.63, 3.8) is 0 Å². The van der Waals surface area contributed by atoms with Crippen LogP contribution in [0.25, 0.3) is 0 Å². The Balaban J connectivity index is 2.63. The Morgan fingerprint density at radius 1 is 1.12 bits per heavy atom. The van der Waals surface area contributed by atoms with Gasteiger partial charge in [-0.05, 0) is 6.07 Å². The molecule has 2 aromatic rings. The number of nitrogens with two attached hydrogens (primary N) is 1. The van der Waals surface area contributed by atoms with E-state index in [2.05, 4.69) is 10.3 Å². The lowest BCUT2D eigenvalue weighted by molar-refractivity contribution is -0.166. The van der Waals surface area contributed by atoms with Crippen molar-refractivity contribution in [3.8, 4) is 0 Å². The largest absolute Gasteiger partial charge is 0.355 e. The van der Waals surface area contributed by atoms with Gasteiger partial charge < -0.3 is 5.32 Å². The van der Waals surface area contributed by atoms with E-state index < -0.39 is 45.8 Å². The second-order valence-corrected chi connectivity index (χ2v) is 5.06. The predicted molar refractivity (Wildman–Crippen MR) is 82.2 cm³/mol. The van der Waals surface area contributed by atoms with Crippen LogP contribution >= 0.6 is 11.6 Å². The standard InChI is InChI=1S/C13H10ClF5N6O/c1-21-13(26)6-2-7(15)8(16)3-10(6)23(20)24(25(18)19)11-4-12(14)22-5-9(11)17/h2-5H,20H2,1H3,(H,21,26). The number of pyridine rings is 1. The van der Waals surface area contributed by atoms with E-state index in [4.69, 9.17) is 17.4 Å². The normalized spacial score (nSPS) is 10.8. The summed E-state index contributed by atoms with van der Waals surface area (Å²) in [5, 5.41) is 1.55. The first-order valence-electron chi connectivity index (χ1n) is 6.66. The van der Waals surface area contributed by atoms with Crippen LogP contribution in [0.4, 0.5) is 33.5 Å². The van der Waals surface area contributed by atoms with Crippen LogP contribution < -0.4 is 21.4 Å². The number of anilines is 2. The number of benzene rings is 1. The van der Waals surface area contributed by atoms with E-state index in [0.29, 0.717) is 24.4 Å². The molecule has 26 heavy (non-hydrogen) atoms. The lowest BCUT2D eigenvalue weighted by Gasteiger charge is -2.33. The van der Waals surface area contributed by atoms with Crippen molar-refractivity contribution in [1.29, 1.82) is 0 Å². The van der Waals surface area contributed by atoms with E-state index in [1.165, 1.54) is 7.05 Å². The molecule has 13 heteroatoms. The SMILES string of the molecule is CNC(=O)c1cc(F)c(F)cc1N(N)N(c1cc(Cl)ncc1F)N(F)F. The highest BCUT2D eigenvalue weighted by Crippen LogP contribution is 2.30. The van der Waals surface area contributed by atoms with Gasteiger partial charge in [0.05, 0.1) is 17.4 Å². The zero-order valence-electron chi connectivity index (χ0n) is 12.9. The molecule has 0 spiro atoms. The minimum atomic E-state index is -1.65. The quantitative estimate of drug-likeness (QED) is 0.266. The zero-order chi connectivity index (χ0) is 19.6. The number of hydrazine groups is 3. The number of hydrogen-bond acceptors (Lipinski definition) is 6. The maximum Gasteiger partial charge on any atom is 0.253 e. The molecular weight excluding hydrogens is 387 g/mol. The Labute approximate surface area is 148 Å².